The van der Waals surface area contributed by atoms with Crippen molar-refractivity contribution in [1.82, 2.24) is 10.3 Å². The quantitative estimate of drug-likeness (QED) is 0.805. The van der Waals surface area contributed by atoms with E-state index in [1.807, 2.05) is 6.92 Å². The van der Waals surface area contributed by atoms with Crippen molar-refractivity contribution >= 4 is 42.4 Å². The third-order valence-corrected chi connectivity index (χ3v) is 5.59. The summed E-state index contributed by atoms with van der Waals surface area (Å²) in [6, 6.07) is 1.50. The molecule has 0 saturated carbocycles. The van der Waals surface area contributed by atoms with Crippen LogP contribution in [0.25, 0.3) is 0 Å². The number of aryl methyl sites for hydroxylation is 1. The molecule has 0 aromatic carbocycles. The summed E-state index contributed by atoms with van der Waals surface area (Å²) in [6.45, 7) is 5.01. The maximum Gasteiger partial charge on any atom is 0.268 e. The first-order chi connectivity index (χ1) is 9.42. The van der Waals surface area contributed by atoms with Crippen molar-refractivity contribution in [3.63, 3.8) is 0 Å². The fourth-order valence-corrected chi connectivity index (χ4v) is 4.43. The predicted octanol–water partition coefficient (Wildman–Crippen LogP) is 2.72. The molecule has 0 amide bonds. The Morgan fingerprint density at radius 3 is 2.85 bits per heavy atom. The van der Waals surface area contributed by atoms with E-state index in [4.69, 9.17) is 4.42 Å². The number of hydrogen-bond donors (Lipinski definition) is 2. The molecule has 2 N–H and O–H groups in total. The highest BCUT2D eigenvalue weighted by atomic mass is 79.9. The summed E-state index contributed by atoms with van der Waals surface area (Å²) in [5.41, 5.74) is 0.770. The highest BCUT2D eigenvalue weighted by Crippen LogP contribution is 2.28. The second kappa shape index (κ2) is 6.25. The zero-order chi connectivity index (χ0) is 14.8. The number of halogens is 1. The van der Waals surface area contributed by atoms with E-state index in [2.05, 4.69) is 31.0 Å². The molecule has 2 aromatic rings. The first kappa shape index (κ1) is 15.5. The topological polar surface area (TPSA) is 84.2 Å². The lowest BCUT2D eigenvalue weighted by atomic mass is 10.4. The number of furan rings is 1. The molecule has 20 heavy (non-hydrogen) atoms. The molecule has 2 aromatic heterocycles. The highest BCUT2D eigenvalue weighted by Gasteiger charge is 2.23. The smallest absolute Gasteiger partial charge is 0.268 e. The van der Waals surface area contributed by atoms with Crippen molar-refractivity contribution in [3.05, 3.63) is 27.6 Å². The van der Waals surface area contributed by atoms with Gasteiger partial charge in [0.2, 0.25) is 0 Å². The summed E-state index contributed by atoms with van der Waals surface area (Å²) < 4.78 is 32.5. The van der Waals surface area contributed by atoms with Crippen LogP contribution < -0.4 is 10.0 Å². The Morgan fingerprint density at radius 2 is 2.25 bits per heavy atom. The Morgan fingerprint density at radius 1 is 1.50 bits per heavy atom. The lowest BCUT2D eigenvalue weighted by Crippen LogP contribution is -2.13. The van der Waals surface area contributed by atoms with E-state index >= 15 is 0 Å². The van der Waals surface area contributed by atoms with Gasteiger partial charge in [-0.1, -0.05) is 6.92 Å². The second-order valence-corrected chi connectivity index (χ2v) is 7.26. The minimum absolute atomic E-state index is 0.0678. The van der Waals surface area contributed by atoms with Crippen LogP contribution in [0.3, 0.4) is 0 Å². The fourth-order valence-electron chi connectivity index (χ4n) is 1.49. The number of hydrogen-bond acceptors (Lipinski definition) is 6. The predicted molar refractivity (Wildman–Crippen MR) is 81.4 cm³/mol. The Labute approximate surface area is 129 Å². The molecular formula is C11H14BrN3O3S2. The summed E-state index contributed by atoms with van der Waals surface area (Å²) in [6.07, 6.45) is 0. The van der Waals surface area contributed by atoms with Crippen molar-refractivity contribution in [1.29, 1.82) is 0 Å². The summed E-state index contributed by atoms with van der Waals surface area (Å²) in [7, 11) is -3.71. The van der Waals surface area contributed by atoms with Crippen LogP contribution in [0.15, 0.2) is 25.4 Å². The van der Waals surface area contributed by atoms with Crippen molar-refractivity contribution in [3.8, 4) is 0 Å². The van der Waals surface area contributed by atoms with Crippen LogP contribution in [0.1, 0.15) is 18.4 Å². The summed E-state index contributed by atoms with van der Waals surface area (Å²) in [4.78, 5) is 4.15. The number of nitrogens with one attached hydrogen (secondary N) is 2. The van der Waals surface area contributed by atoms with Crippen LogP contribution >= 0.6 is 27.3 Å². The van der Waals surface area contributed by atoms with Gasteiger partial charge >= 0.3 is 0 Å². The van der Waals surface area contributed by atoms with Crippen LogP contribution in [0.4, 0.5) is 5.13 Å². The van der Waals surface area contributed by atoms with E-state index in [0.717, 1.165) is 12.2 Å². The second-order valence-electron chi connectivity index (χ2n) is 4.03. The number of anilines is 1. The molecule has 2 rings (SSSR count). The Kier molecular flexibility index (Phi) is 4.84. The zero-order valence-corrected chi connectivity index (χ0v) is 14.2. The largest absolute Gasteiger partial charge is 0.451 e. The van der Waals surface area contributed by atoms with E-state index in [9.17, 15) is 8.42 Å². The lowest BCUT2D eigenvalue weighted by molar-refractivity contribution is 0.464. The molecule has 0 saturated heterocycles. The molecular weight excluding hydrogens is 366 g/mol. The lowest BCUT2D eigenvalue weighted by Gasteiger charge is -2.02. The van der Waals surface area contributed by atoms with Gasteiger partial charge in [0.1, 0.15) is 10.7 Å². The summed E-state index contributed by atoms with van der Waals surface area (Å²) in [5.74, 6) is 0.550. The molecule has 0 spiro atoms. The maximum atomic E-state index is 12.3. The van der Waals surface area contributed by atoms with Crippen LogP contribution in [0.2, 0.25) is 0 Å². The van der Waals surface area contributed by atoms with E-state index in [1.165, 1.54) is 17.4 Å². The van der Waals surface area contributed by atoms with Gasteiger partial charge < -0.3 is 9.73 Å². The molecule has 0 unspecified atom stereocenters. The third-order valence-electron chi connectivity index (χ3n) is 2.39. The van der Waals surface area contributed by atoms with Gasteiger partial charge in [-0.2, -0.15) is 0 Å². The minimum Gasteiger partial charge on any atom is -0.451 e. The SMILES string of the molecule is CCNCc1cc(S(=O)(=O)Nc2nc(C)cs2)c(Br)o1. The van der Waals surface area contributed by atoms with Gasteiger partial charge in [0, 0.05) is 11.4 Å². The van der Waals surface area contributed by atoms with Crippen LogP contribution in [0.5, 0.6) is 0 Å². The molecule has 6 nitrogen and oxygen atoms in total. The number of thiazole rings is 1. The van der Waals surface area contributed by atoms with Crippen LogP contribution in [-0.2, 0) is 16.6 Å². The third kappa shape index (κ3) is 3.60. The normalized spacial score (nSPS) is 11.8. The standard InChI is InChI=1S/C11H14BrN3O3S2/c1-3-13-5-8-4-9(10(12)18-8)20(16,17)15-11-14-7(2)6-19-11/h4,6,13H,3,5H2,1-2H3,(H,14,15). The van der Waals surface area contributed by atoms with Gasteiger partial charge in [0.25, 0.3) is 10.0 Å². The Balaban J connectivity index is 2.22. The van der Waals surface area contributed by atoms with E-state index in [-0.39, 0.29) is 9.56 Å². The van der Waals surface area contributed by atoms with Gasteiger partial charge in [-0.15, -0.1) is 11.3 Å². The molecule has 2 heterocycles. The van der Waals surface area contributed by atoms with Crippen molar-refractivity contribution in [2.75, 3.05) is 11.3 Å². The zero-order valence-electron chi connectivity index (χ0n) is 10.9. The minimum atomic E-state index is -3.71. The molecule has 9 heteroatoms. The first-order valence-electron chi connectivity index (χ1n) is 5.86. The number of rotatable bonds is 6. The monoisotopic (exact) mass is 379 g/mol. The molecule has 0 aliphatic carbocycles. The number of sulfonamides is 1. The molecule has 0 bridgehead atoms. The molecule has 0 atom stereocenters. The van der Waals surface area contributed by atoms with Gasteiger partial charge in [0.15, 0.2) is 9.80 Å². The maximum absolute atomic E-state index is 12.3. The summed E-state index contributed by atoms with van der Waals surface area (Å²) in [5, 5.41) is 5.18. The average Bonchev–Trinajstić information content (AvgIpc) is 2.93. The Bertz CT molecular complexity index is 694. The number of aromatic nitrogens is 1. The van der Waals surface area contributed by atoms with Crippen molar-refractivity contribution in [2.24, 2.45) is 0 Å². The molecule has 0 aliphatic heterocycles. The highest BCUT2D eigenvalue weighted by molar-refractivity contribution is 9.10. The molecule has 0 fully saturated rings. The molecule has 0 aliphatic rings. The first-order valence-corrected chi connectivity index (χ1v) is 9.02. The van der Waals surface area contributed by atoms with E-state index in [1.54, 1.807) is 12.3 Å². The van der Waals surface area contributed by atoms with Gasteiger partial charge in [0.05, 0.1) is 12.2 Å². The van der Waals surface area contributed by atoms with Crippen LogP contribution in [-0.4, -0.2) is 19.9 Å². The van der Waals surface area contributed by atoms with Crippen molar-refractivity contribution < 1.29 is 12.8 Å². The van der Waals surface area contributed by atoms with E-state index in [0.29, 0.717) is 17.4 Å². The van der Waals surface area contributed by atoms with Gasteiger partial charge in [-0.25, -0.2) is 13.4 Å². The average molecular weight is 380 g/mol. The fraction of sp³-hybridized carbons (Fsp3) is 0.364. The Hall–Kier alpha value is -0.900. The number of nitrogens with zero attached hydrogens (tertiary/aromatic N) is 1. The van der Waals surface area contributed by atoms with Gasteiger partial charge in [-0.05, 0) is 29.4 Å². The van der Waals surface area contributed by atoms with Crippen molar-refractivity contribution in [2.45, 2.75) is 25.3 Å². The van der Waals surface area contributed by atoms with Gasteiger partial charge in [-0.3, -0.25) is 4.72 Å². The summed E-state index contributed by atoms with van der Waals surface area (Å²) >= 11 is 4.37. The van der Waals surface area contributed by atoms with E-state index < -0.39 is 10.0 Å². The van der Waals surface area contributed by atoms with Crippen LogP contribution in [0, 0.1) is 6.92 Å². The molecule has 110 valence electrons. The molecule has 0 radical (unpaired) electrons.